The van der Waals surface area contributed by atoms with E-state index in [-0.39, 0.29) is 11.4 Å². The lowest BCUT2D eigenvalue weighted by molar-refractivity contribution is 0.245. The van der Waals surface area contributed by atoms with Gasteiger partial charge in [0.1, 0.15) is 12.4 Å². The fraction of sp³-hybridized carbons (Fsp3) is 0.296. The molecule has 2 amide bonds. The molecule has 0 aromatic heterocycles. The highest BCUT2D eigenvalue weighted by Crippen LogP contribution is 2.29. The first-order valence-electron chi connectivity index (χ1n) is 11.5. The standard InChI is InChI=1S/C27H33N3O4S2/c1-27(2,3)23-13-12-22(25(16-23)34-18-20-8-6-5-7-9-20)17-28-26(31)29-35-19-21-10-14-24(15-11-21)30-36(4,32)33/h5-16,30H,17-19H2,1-4H3,(H2,28,29,31). The van der Waals surface area contributed by atoms with Gasteiger partial charge >= 0.3 is 6.03 Å². The third-order valence-corrected chi connectivity index (χ3v) is 6.68. The average Bonchev–Trinajstić information content (AvgIpc) is 2.82. The van der Waals surface area contributed by atoms with E-state index in [1.807, 2.05) is 48.5 Å². The zero-order valence-electron chi connectivity index (χ0n) is 21.0. The van der Waals surface area contributed by atoms with Crippen molar-refractivity contribution >= 4 is 33.7 Å². The van der Waals surface area contributed by atoms with Crippen LogP contribution in [0.4, 0.5) is 10.5 Å². The summed E-state index contributed by atoms with van der Waals surface area (Å²) in [5, 5.41) is 2.89. The number of amides is 2. The van der Waals surface area contributed by atoms with Gasteiger partial charge in [0, 0.05) is 23.5 Å². The van der Waals surface area contributed by atoms with E-state index < -0.39 is 10.0 Å². The van der Waals surface area contributed by atoms with E-state index in [0.717, 1.165) is 34.3 Å². The highest BCUT2D eigenvalue weighted by atomic mass is 32.2. The molecular formula is C27H33N3O4S2. The number of anilines is 1. The van der Waals surface area contributed by atoms with Crippen LogP contribution in [0.15, 0.2) is 72.8 Å². The summed E-state index contributed by atoms with van der Waals surface area (Å²) in [5.74, 6) is 1.29. The van der Waals surface area contributed by atoms with E-state index in [1.54, 1.807) is 12.1 Å². The van der Waals surface area contributed by atoms with Crippen LogP contribution in [-0.2, 0) is 34.3 Å². The molecule has 0 saturated carbocycles. The van der Waals surface area contributed by atoms with Crippen LogP contribution < -0.4 is 19.5 Å². The van der Waals surface area contributed by atoms with Gasteiger partial charge in [-0.3, -0.25) is 9.44 Å². The Morgan fingerprint density at radius 3 is 2.28 bits per heavy atom. The molecule has 3 aromatic carbocycles. The zero-order chi connectivity index (χ0) is 26.2. The SMILES string of the molecule is CC(C)(C)c1ccc(CNC(=O)NSCc2ccc(NS(C)(=O)=O)cc2)c(OCc2ccccc2)c1. The minimum absolute atomic E-state index is 0.0239. The van der Waals surface area contributed by atoms with Crippen molar-refractivity contribution in [3.63, 3.8) is 0 Å². The van der Waals surface area contributed by atoms with Gasteiger partial charge in [-0.2, -0.15) is 0 Å². The van der Waals surface area contributed by atoms with Gasteiger partial charge in [-0.25, -0.2) is 13.2 Å². The summed E-state index contributed by atoms with van der Waals surface area (Å²) in [4.78, 5) is 12.4. The van der Waals surface area contributed by atoms with Crippen molar-refractivity contribution in [1.82, 2.24) is 10.0 Å². The van der Waals surface area contributed by atoms with Crippen LogP contribution >= 0.6 is 11.9 Å². The third kappa shape index (κ3) is 9.13. The molecule has 0 aliphatic rings. The lowest BCUT2D eigenvalue weighted by atomic mass is 9.86. The number of carbonyl (C=O) groups is 1. The molecule has 0 radical (unpaired) electrons. The average molecular weight is 528 g/mol. The maximum absolute atomic E-state index is 12.4. The Morgan fingerprint density at radius 1 is 0.944 bits per heavy atom. The fourth-order valence-electron chi connectivity index (χ4n) is 3.32. The molecule has 0 bridgehead atoms. The van der Waals surface area contributed by atoms with Crippen LogP contribution in [-0.4, -0.2) is 20.7 Å². The maximum Gasteiger partial charge on any atom is 0.325 e. The summed E-state index contributed by atoms with van der Waals surface area (Å²) >= 11 is 1.25. The van der Waals surface area contributed by atoms with Gasteiger partial charge in [0.15, 0.2) is 0 Å². The van der Waals surface area contributed by atoms with Gasteiger partial charge in [0.05, 0.1) is 6.26 Å². The molecule has 0 unspecified atom stereocenters. The first kappa shape index (κ1) is 27.4. The summed E-state index contributed by atoms with van der Waals surface area (Å²) in [6.45, 7) is 7.24. The Labute approximate surface area is 218 Å². The Kier molecular flexibility index (Phi) is 9.28. The topological polar surface area (TPSA) is 96.5 Å². The zero-order valence-corrected chi connectivity index (χ0v) is 22.6. The minimum Gasteiger partial charge on any atom is -0.489 e. The summed E-state index contributed by atoms with van der Waals surface area (Å²) in [7, 11) is -3.31. The van der Waals surface area contributed by atoms with Crippen LogP contribution in [0, 0.1) is 0 Å². The smallest absolute Gasteiger partial charge is 0.325 e. The molecule has 0 heterocycles. The molecule has 7 nitrogen and oxygen atoms in total. The lowest BCUT2D eigenvalue weighted by Crippen LogP contribution is -2.31. The molecule has 0 aliphatic carbocycles. The fourth-order valence-corrected chi connectivity index (χ4v) is 4.52. The van der Waals surface area contributed by atoms with Gasteiger partial charge in [-0.1, -0.05) is 75.4 Å². The summed E-state index contributed by atoms with van der Waals surface area (Å²) in [6, 6.07) is 22.8. The van der Waals surface area contributed by atoms with E-state index in [4.69, 9.17) is 4.74 Å². The number of sulfonamides is 1. The first-order valence-corrected chi connectivity index (χ1v) is 14.4. The molecule has 192 valence electrons. The number of hydrogen-bond acceptors (Lipinski definition) is 5. The van der Waals surface area contributed by atoms with E-state index in [9.17, 15) is 13.2 Å². The monoisotopic (exact) mass is 527 g/mol. The van der Waals surface area contributed by atoms with Crippen LogP contribution in [0.25, 0.3) is 0 Å². The highest BCUT2D eigenvalue weighted by Gasteiger charge is 2.17. The molecule has 36 heavy (non-hydrogen) atoms. The van der Waals surface area contributed by atoms with Crippen molar-refractivity contribution in [2.75, 3.05) is 11.0 Å². The molecule has 0 saturated heterocycles. The van der Waals surface area contributed by atoms with Crippen molar-refractivity contribution in [3.8, 4) is 5.75 Å². The molecule has 3 rings (SSSR count). The van der Waals surface area contributed by atoms with Crippen LogP contribution in [0.5, 0.6) is 5.75 Å². The van der Waals surface area contributed by atoms with Crippen LogP contribution in [0.1, 0.15) is 43.0 Å². The molecule has 3 N–H and O–H groups in total. The van der Waals surface area contributed by atoms with Crippen LogP contribution in [0.3, 0.4) is 0 Å². The second-order valence-electron chi connectivity index (χ2n) is 9.49. The van der Waals surface area contributed by atoms with E-state index >= 15 is 0 Å². The Hall–Kier alpha value is -3.17. The molecule has 3 aromatic rings. The van der Waals surface area contributed by atoms with Gasteiger partial charge in [-0.05, 0) is 52.3 Å². The van der Waals surface area contributed by atoms with E-state index in [1.165, 1.54) is 11.9 Å². The second-order valence-corrected chi connectivity index (χ2v) is 12.0. The third-order valence-electron chi connectivity index (χ3n) is 5.27. The quantitative estimate of drug-likeness (QED) is 0.299. The largest absolute Gasteiger partial charge is 0.489 e. The molecule has 0 atom stereocenters. The Bertz CT molecular complexity index is 1260. The summed E-state index contributed by atoms with van der Waals surface area (Å²) in [6.07, 6.45) is 1.11. The predicted octanol–water partition coefficient (Wildman–Crippen LogP) is 5.58. The lowest BCUT2D eigenvalue weighted by Gasteiger charge is -2.22. The first-order chi connectivity index (χ1) is 17.0. The minimum atomic E-state index is -3.31. The van der Waals surface area contributed by atoms with Crippen molar-refractivity contribution in [2.45, 2.75) is 45.1 Å². The molecule has 0 spiro atoms. The number of ether oxygens (including phenoxy) is 1. The van der Waals surface area contributed by atoms with E-state index in [2.05, 4.69) is 47.7 Å². The van der Waals surface area contributed by atoms with Gasteiger partial charge in [-0.15, -0.1) is 0 Å². The van der Waals surface area contributed by atoms with Crippen LogP contribution in [0.2, 0.25) is 0 Å². The van der Waals surface area contributed by atoms with Gasteiger partial charge in [0.2, 0.25) is 10.0 Å². The van der Waals surface area contributed by atoms with E-state index in [0.29, 0.717) is 24.6 Å². The predicted molar refractivity (Wildman–Crippen MR) is 147 cm³/mol. The molecule has 0 aliphatic heterocycles. The Morgan fingerprint density at radius 2 is 1.64 bits per heavy atom. The van der Waals surface area contributed by atoms with Crippen molar-refractivity contribution in [3.05, 3.63) is 95.1 Å². The van der Waals surface area contributed by atoms with Crippen molar-refractivity contribution < 1.29 is 17.9 Å². The number of benzene rings is 3. The molecule has 9 heteroatoms. The van der Waals surface area contributed by atoms with Gasteiger partial charge < -0.3 is 10.1 Å². The normalized spacial score (nSPS) is 11.6. The number of nitrogens with one attached hydrogen (secondary N) is 3. The Balaban J connectivity index is 1.54. The number of carbonyl (C=O) groups excluding carboxylic acids is 1. The number of hydrogen-bond donors (Lipinski definition) is 3. The highest BCUT2D eigenvalue weighted by molar-refractivity contribution is 7.97. The second kappa shape index (κ2) is 12.2. The maximum atomic E-state index is 12.4. The van der Waals surface area contributed by atoms with Gasteiger partial charge in [0.25, 0.3) is 0 Å². The number of rotatable bonds is 10. The molecule has 0 fully saturated rings. The summed E-state index contributed by atoms with van der Waals surface area (Å²) < 4.78 is 34.0. The number of urea groups is 1. The van der Waals surface area contributed by atoms with Crippen molar-refractivity contribution in [2.24, 2.45) is 0 Å². The molecular weight excluding hydrogens is 494 g/mol. The summed E-state index contributed by atoms with van der Waals surface area (Å²) in [5.41, 5.74) is 4.56. The van der Waals surface area contributed by atoms with Crippen molar-refractivity contribution in [1.29, 1.82) is 0 Å².